The highest BCUT2D eigenvalue weighted by Crippen LogP contribution is 2.23. The summed E-state index contributed by atoms with van der Waals surface area (Å²) in [6.07, 6.45) is 3.13. The van der Waals surface area contributed by atoms with Gasteiger partial charge in [-0.3, -0.25) is 4.79 Å². The molecule has 1 aromatic rings. The fourth-order valence-electron chi connectivity index (χ4n) is 1.68. The molecular formula is C12H15ClN2O2. The number of nitrogens with zero attached hydrogens (tertiary/aromatic N) is 1. The lowest BCUT2D eigenvalue weighted by atomic mass is 10.1. The first-order chi connectivity index (χ1) is 8.29. The fourth-order valence-corrected chi connectivity index (χ4v) is 1.87. The number of rotatable bonds is 5. The molecule has 0 atom stereocenters. The number of fused-ring (bicyclic) bond motifs is 1. The Hall–Kier alpha value is -1.29. The van der Waals surface area contributed by atoms with Gasteiger partial charge in [0.25, 0.3) is 0 Å². The maximum absolute atomic E-state index is 11.2. The molecule has 0 unspecified atom stereocenters. The first-order valence-electron chi connectivity index (χ1n) is 5.78. The molecule has 0 spiro atoms. The maximum atomic E-state index is 11.2. The summed E-state index contributed by atoms with van der Waals surface area (Å²) >= 11 is 5.58. The van der Waals surface area contributed by atoms with Crippen LogP contribution in [0, 0.1) is 0 Å². The molecule has 0 saturated carbocycles. The van der Waals surface area contributed by atoms with Crippen LogP contribution in [-0.4, -0.2) is 23.4 Å². The van der Waals surface area contributed by atoms with Crippen LogP contribution >= 0.6 is 11.6 Å². The van der Waals surface area contributed by atoms with Crippen molar-refractivity contribution in [3.8, 4) is 5.88 Å². The molecule has 1 N–H and O–H groups in total. The SMILES string of the molecule is O=C1CCc2ccc(OCCCCCl)nc2N1. The van der Waals surface area contributed by atoms with Crippen molar-refractivity contribution in [1.82, 2.24) is 4.98 Å². The molecule has 1 aliphatic heterocycles. The minimum atomic E-state index is 0.0179. The van der Waals surface area contributed by atoms with Crippen molar-refractivity contribution < 1.29 is 9.53 Å². The zero-order chi connectivity index (χ0) is 12.1. The van der Waals surface area contributed by atoms with Crippen molar-refractivity contribution >= 4 is 23.3 Å². The van der Waals surface area contributed by atoms with Crippen molar-refractivity contribution in [1.29, 1.82) is 0 Å². The first-order valence-corrected chi connectivity index (χ1v) is 6.31. The molecule has 0 aliphatic carbocycles. The Labute approximate surface area is 105 Å². The van der Waals surface area contributed by atoms with Crippen LogP contribution in [0.1, 0.15) is 24.8 Å². The third-order valence-electron chi connectivity index (χ3n) is 2.61. The number of aromatic nitrogens is 1. The third-order valence-corrected chi connectivity index (χ3v) is 2.88. The summed E-state index contributed by atoms with van der Waals surface area (Å²) < 4.78 is 5.49. The number of ether oxygens (including phenoxy) is 1. The van der Waals surface area contributed by atoms with Gasteiger partial charge in [-0.1, -0.05) is 0 Å². The Morgan fingerprint density at radius 2 is 2.24 bits per heavy atom. The van der Waals surface area contributed by atoms with Gasteiger partial charge in [-0.2, -0.15) is 4.98 Å². The minimum absolute atomic E-state index is 0.0179. The van der Waals surface area contributed by atoms with Gasteiger partial charge in [0.2, 0.25) is 11.8 Å². The smallest absolute Gasteiger partial charge is 0.225 e. The van der Waals surface area contributed by atoms with Crippen LogP contribution in [0.2, 0.25) is 0 Å². The van der Waals surface area contributed by atoms with Crippen molar-refractivity contribution in [3.05, 3.63) is 17.7 Å². The number of aryl methyl sites for hydroxylation is 1. The minimum Gasteiger partial charge on any atom is -0.478 e. The Morgan fingerprint density at radius 3 is 3.06 bits per heavy atom. The van der Waals surface area contributed by atoms with Gasteiger partial charge in [0.05, 0.1) is 6.61 Å². The highest BCUT2D eigenvalue weighted by molar-refractivity contribution is 6.17. The average Bonchev–Trinajstić information content (AvgIpc) is 2.34. The molecule has 1 aromatic heterocycles. The highest BCUT2D eigenvalue weighted by atomic mass is 35.5. The molecule has 92 valence electrons. The number of pyridine rings is 1. The van der Waals surface area contributed by atoms with E-state index < -0.39 is 0 Å². The number of carbonyl (C=O) groups is 1. The number of unbranched alkanes of at least 4 members (excludes halogenated alkanes) is 1. The van der Waals surface area contributed by atoms with Crippen molar-refractivity contribution in [3.63, 3.8) is 0 Å². The zero-order valence-corrected chi connectivity index (χ0v) is 10.3. The standard InChI is InChI=1S/C12H15ClN2O2/c13-7-1-2-8-17-11-6-4-9-3-5-10(16)14-12(9)15-11/h4,6H,1-3,5,7-8H2,(H,14,15,16). The van der Waals surface area contributed by atoms with Gasteiger partial charge in [-0.15, -0.1) is 11.6 Å². The van der Waals surface area contributed by atoms with Crippen LogP contribution in [0.5, 0.6) is 5.88 Å². The van der Waals surface area contributed by atoms with Gasteiger partial charge in [0, 0.05) is 18.4 Å². The van der Waals surface area contributed by atoms with Gasteiger partial charge in [-0.05, 0) is 30.9 Å². The monoisotopic (exact) mass is 254 g/mol. The Bertz CT molecular complexity index is 409. The Balaban J connectivity index is 1.95. The molecule has 0 saturated heterocycles. The highest BCUT2D eigenvalue weighted by Gasteiger charge is 2.16. The fraction of sp³-hybridized carbons (Fsp3) is 0.500. The zero-order valence-electron chi connectivity index (χ0n) is 9.54. The summed E-state index contributed by atoms with van der Waals surface area (Å²) in [7, 11) is 0. The lowest BCUT2D eigenvalue weighted by Crippen LogP contribution is -2.20. The van der Waals surface area contributed by atoms with Crippen LogP contribution in [-0.2, 0) is 11.2 Å². The normalized spacial score (nSPS) is 14.1. The number of anilines is 1. The van der Waals surface area contributed by atoms with Crippen LogP contribution in [0.25, 0.3) is 0 Å². The molecule has 1 amide bonds. The molecule has 2 rings (SSSR count). The van der Waals surface area contributed by atoms with Gasteiger partial charge < -0.3 is 10.1 Å². The average molecular weight is 255 g/mol. The van der Waals surface area contributed by atoms with E-state index in [1.54, 1.807) is 0 Å². The number of carbonyl (C=O) groups excluding carboxylic acids is 1. The van der Waals surface area contributed by atoms with Crippen LogP contribution in [0.4, 0.5) is 5.82 Å². The van der Waals surface area contributed by atoms with Crippen LogP contribution in [0.15, 0.2) is 12.1 Å². The van der Waals surface area contributed by atoms with E-state index in [0.717, 1.165) is 24.8 Å². The molecule has 0 fully saturated rings. The topological polar surface area (TPSA) is 51.2 Å². The first kappa shape index (κ1) is 12.2. The lowest BCUT2D eigenvalue weighted by Gasteiger charge is -2.16. The molecule has 0 bridgehead atoms. The number of halogens is 1. The number of hydrogen-bond acceptors (Lipinski definition) is 3. The van der Waals surface area contributed by atoms with Crippen LogP contribution < -0.4 is 10.1 Å². The number of amides is 1. The summed E-state index contributed by atoms with van der Waals surface area (Å²) in [6, 6.07) is 3.80. The molecule has 17 heavy (non-hydrogen) atoms. The summed E-state index contributed by atoms with van der Waals surface area (Å²) in [6.45, 7) is 0.604. The Morgan fingerprint density at radius 1 is 1.35 bits per heavy atom. The van der Waals surface area contributed by atoms with E-state index in [4.69, 9.17) is 16.3 Å². The van der Waals surface area contributed by atoms with Crippen molar-refractivity contribution in [2.45, 2.75) is 25.7 Å². The van der Waals surface area contributed by atoms with Gasteiger partial charge in [0.1, 0.15) is 5.82 Å². The van der Waals surface area contributed by atoms with Crippen molar-refractivity contribution in [2.24, 2.45) is 0 Å². The summed E-state index contributed by atoms with van der Waals surface area (Å²) in [5, 5.41) is 2.75. The molecule has 0 radical (unpaired) electrons. The lowest BCUT2D eigenvalue weighted by molar-refractivity contribution is -0.116. The van der Waals surface area contributed by atoms with Crippen molar-refractivity contribution in [2.75, 3.05) is 17.8 Å². The molecular weight excluding hydrogens is 240 g/mol. The van der Waals surface area contributed by atoms with E-state index in [2.05, 4.69) is 10.3 Å². The summed E-state index contributed by atoms with van der Waals surface area (Å²) in [4.78, 5) is 15.5. The van der Waals surface area contributed by atoms with Crippen LogP contribution in [0.3, 0.4) is 0 Å². The number of alkyl halides is 1. The quantitative estimate of drug-likeness (QED) is 0.648. The predicted octanol–water partition coefficient (Wildman–Crippen LogP) is 2.36. The second-order valence-corrected chi connectivity index (χ2v) is 4.33. The molecule has 2 heterocycles. The summed E-state index contributed by atoms with van der Waals surface area (Å²) in [5.74, 6) is 1.86. The van der Waals surface area contributed by atoms with E-state index in [9.17, 15) is 4.79 Å². The van der Waals surface area contributed by atoms with E-state index in [1.807, 2.05) is 12.1 Å². The molecule has 5 heteroatoms. The van der Waals surface area contributed by atoms with E-state index in [0.29, 0.717) is 30.6 Å². The predicted molar refractivity (Wildman–Crippen MR) is 66.6 cm³/mol. The molecule has 1 aliphatic rings. The van der Waals surface area contributed by atoms with E-state index in [-0.39, 0.29) is 5.91 Å². The van der Waals surface area contributed by atoms with E-state index >= 15 is 0 Å². The number of nitrogens with one attached hydrogen (secondary N) is 1. The maximum Gasteiger partial charge on any atom is 0.225 e. The Kier molecular flexibility index (Phi) is 4.20. The van der Waals surface area contributed by atoms with Gasteiger partial charge in [0.15, 0.2) is 0 Å². The van der Waals surface area contributed by atoms with E-state index in [1.165, 1.54) is 0 Å². The summed E-state index contributed by atoms with van der Waals surface area (Å²) in [5.41, 5.74) is 1.07. The third kappa shape index (κ3) is 3.33. The largest absolute Gasteiger partial charge is 0.478 e. The molecule has 0 aromatic carbocycles. The second-order valence-electron chi connectivity index (χ2n) is 3.95. The van der Waals surface area contributed by atoms with Gasteiger partial charge in [-0.25, -0.2) is 0 Å². The second kappa shape index (κ2) is 5.87. The molecule has 4 nitrogen and oxygen atoms in total. The van der Waals surface area contributed by atoms with Gasteiger partial charge >= 0.3 is 0 Å². The number of hydrogen-bond donors (Lipinski definition) is 1.